The minimum atomic E-state index is 0.234. The number of ether oxygens (including phenoxy) is 1. The molecule has 0 aliphatic carbocycles. The number of likely N-dealkylation sites (tertiary alicyclic amines) is 1. The van der Waals surface area contributed by atoms with Crippen LogP contribution in [0.25, 0.3) is 22.2 Å². The number of aryl methyl sites for hydroxylation is 1. The number of aromatic nitrogens is 1. The summed E-state index contributed by atoms with van der Waals surface area (Å²) in [6, 6.07) is 21.1. The van der Waals surface area contributed by atoms with Crippen molar-refractivity contribution in [2.45, 2.75) is 39.2 Å². The lowest BCUT2D eigenvalue weighted by molar-refractivity contribution is 0.214. The third kappa shape index (κ3) is 5.29. The first-order chi connectivity index (χ1) is 17.6. The van der Waals surface area contributed by atoms with E-state index in [1.165, 1.54) is 38.8 Å². The fraction of sp³-hybridized carbons (Fsp3) is 0.333. The van der Waals surface area contributed by atoms with E-state index in [4.69, 9.17) is 4.74 Å². The molecule has 2 heterocycles. The Labute approximate surface area is 212 Å². The zero-order valence-electron chi connectivity index (χ0n) is 20.8. The van der Waals surface area contributed by atoms with E-state index in [0.717, 1.165) is 45.6 Å². The molecule has 0 unspecified atom stereocenters. The largest absolute Gasteiger partial charge is 0.508 e. The zero-order chi connectivity index (χ0) is 24.9. The maximum absolute atomic E-state index is 11.2. The normalized spacial score (nSPS) is 14.6. The summed E-state index contributed by atoms with van der Waals surface area (Å²) in [5, 5.41) is 13.9. The van der Waals surface area contributed by atoms with E-state index in [1.54, 1.807) is 18.2 Å². The Morgan fingerprint density at radius 1 is 0.917 bits per heavy atom. The molecule has 1 saturated heterocycles. The minimum Gasteiger partial charge on any atom is -0.508 e. The van der Waals surface area contributed by atoms with Gasteiger partial charge in [0.2, 0.25) is 0 Å². The maximum atomic E-state index is 11.2. The highest BCUT2D eigenvalue weighted by Gasteiger charge is 2.17. The molecule has 0 atom stereocenters. The SMILES string of the molecule is Cc1c(-c2ccc(O)cc2)n(Cc2ccc(OCCN3CCCCCC3)cc2)c2ccc(N=O)cc12. The minimum absolute atomic E-state index is 0.234. The highest BCUT2D eigenvalue weighted by Crippen LogP contribution is 2.36. The number of hydrogen-bond donors (Lipinski definition) is 1. The summed E-state index contributed by atoms with van der Waals surface area (Å²) >= 11 is 0. The van der Waals surface area contributed by atoms with Gasteiger partial charge in [0.25, 0.3) is 0 Å². The molecule has 5 rings (SSSR count). The van der Waals surface area contributed by atoms with E-state index >= 15 is 0 Å². The molecule has 6 nitrogen and oxygen atoms in total. The third-order valence-electron chi connectivity index (χ3n) is 7.19. The first-order valence-corrected chi connectivity index (χ1v) is 12.8. The zero-order valence-corrected chi connectivity index (χ0v) is 20.8. The van der Waals surface area contributed by atoms with Crippen molar-refractivity contribution in [1.82, 2.24) is 9.47 Å². The highest BCUT2D eigenvalue weighted by atomic mass is 16.5. The van der Waals surface area contributed by atoms with Crippen molar-refractivity contribution in [3.63, 3.8) is 0 Å². The number of phenolic OH excluding ortho intramolecular Hbond substituents is 1. The van der Waals surface area contributed by atoms with Gasteiger partial charge in [0.1, 0.15) is 23.8 Å². The Bertz CT molecular complexity index is 1320. The van der Waals surface area contributed by atoms with Crippen molar-refractivity contribution in [3.05, 3.63) is 82.8 Å². The molecule has 6 heteroatoms. The number of nitroso groups, excluding NO2 is 1. The molecule has 4 aromatic rings. The Kier molecular flexibility index (Phi) is 7.33. The van der Waals surface area contributed by atoms with Crippen molar-refractivity contribution >= 4 is 16.6 Å². The molecule has 1 fully saturated rings. The van der Waals surface area contributed by atoms with Crippen LogP contribution in [0, 0.1) is 11.8 Å². The van der Waals surface area contributed by atoms with Crippen LogP contribution in [-0.2, 0) is 6.54 Å². The quantitative estimate of drug-likeness (QED) is 0.273. The second-order valence-corrected chi connectivity index (χ2v) is 9.65. The van der Waals surface area contributed by atoms with Gasteiger partial charge < -0.3 is 14.4 Å². The average Bonchev–Trinajstić information content (AvgIpc) is 3.05. The third-order valence-corrected chi connectivity index (χ3v) is 7.19. The van der Waals surface area contributed by atoms with Gasteiger partial charge in [0.05, 0.1) is 5.69 Å². The first-order valence-electron chi connectivity index (χ1n) is 12.8. The van der Waals surface area contributed by atoms with Gasteiger partial charge in [-0.1, -0.05) is 25.0 Å². The smallest absolute Gasteiger partial charge is 0.119 e. The molecule has 1 aliphatic rings. The summed E-state index contributed by atoms with van der Waals surface area (Å²) in [6.07, 6.45) is 5.28. The molecule has 0 radical (unpaired) electrons. The van der Waals surface area contributed by atoms with Gasteiger partial charge in [-0.2, -0.15) is 0 Å². The van der Waals surface area contributed by atoms with Crippen molar-refractivity contribution < 1.29 is 9.84 Å². The van der Waals surface area contributed by atoms with Crippen molar-refractivity contribution in [2.24, 2.45) is 5.18 Å². The van der Waals surface area contributed by atoms with Crippen molar-refractivity contribution in [2.75, 3.05) is 26.2 Å². The average molecular weight is 484 g/mol. The summed E-state index contributed by atoms with van der Waals surface area (Å²) < 4.78 is 8.31. The second kappa shape index (κ2) is 11.0. The van der Waals surface area contributed by atoms with E-state index in [2.05, 4.69) is 33.7 Å². The molecule has 0 amide bonds. The summed E-state index contributed by atoms with van der Waals surface area (Å²) in [5.74, 6) is 1.13. The van der Waals surface area contributed by atoms with Crippen LogP contribution in [0.3, 0.4) is 0 Å². The number of rotatable bonds is 8. The standard InChI is InChI=1S/C30H33N3O3/c1-22-28-20-25(31-35)10-15-29(28)33(30(22)24-8-11-26(34)12-9-24)21-23-6-13-27(14-7-23)36-19-18-32-16-4-2-3-5-17-32/h6-15,20,34H,2-5,16-19,21H2,1H3. The molecular formula is C30H33N3O3. The number of nitrogens with zero attached hydrogens (tertiary/aromatic N) is 3. The van der Waals surface area contributed by atoms with Gasteiger partial charge in [-0.15, -0.1) is 4.91 Å². The monoisotopic (exact) mass is 483 g/mol. The summed E-state index contributed by atoms with van der Waals surface area (Å²) in [4.78, 5) is 13.7. The molecular weight excluding hydrogens is 450 g/mol. The number of aromatic hydroxyl groups is 1. The van der Waals surface area contributed by atoms with Crippen LogP contribution >= 0.6 is 0 Å². The molecule has 36 heavy (non-hydrogen) atoms. The molecule has 0 spiro atoms. The summed E-state index contributed by atoms with van der Waals surface area (Å²) in [6.45, 7) is 6.78. The van der Waals surface area contributed by atoms with Crippen LogP contribution in [0.15, 0.2) is 71.9 Å². The predicted molar refractivity (Wildman–Crippen MR) is 145 cm³/mol. The summed E-state index contributed by atoms with van der Waals surface area (Å²) in [5.41, 5.74) is 5.77. The Hall–Kier alpha value is -3.64. The van der Waals surface area contributed by atoms with Gasteiger partial charge in [0, 0.05) is 24.0 Å². The second-order valence-electron chi connectivity index (χ2n) is 9.65. The lowest BCUT2D eigenvalue weighted by Gasteiger charge is -2.19. The van der Waals surface area contributed by atoms with E-state index in [1.807, 2.05) is 36.4 Å². The van der Waals surface area contributed by atoms with Crippen LogP contribution in [0.2, 0.25) is 0 Å². The molecule has 1 aliphatic heterocycles. The lowest BCUT2D eigenvalue weighted by atomic mass is 10.1. The van der Waals surface area contributed by atoms with E-state index in [9.17, 15) is 10.0 Å². The van der Waals surface area contributed by atoms with Crippen LogP contribution in [0.4, 0.5) is 5.69 Å². The fourth-order valence-electron chi connectivity index (χ4n) is 5.25. The molecule has 3 aromatic carbocycles. The van der Waals surface area contributed by atoms with Gasteiger partial charge in [-0.25, -0.2) is 0 Å². The van der Waals surface area contributed by atoms with Crippen LogP contribution in [0.5, 0.6) is 11.5 Å². The Balaban J connectivity index is 1.37. The van der Waals surface area contributed by atoms with E-state index in [-0.39, 0.29) is 5.75 Å². The molecule has 0 saturated carbocycles. The predicted octanol–water partition coefficient (Wildman–Crippen LogP) is 7.02. The first kappa shape index (κ1) is 24.1. The summed E-state index contributed by atoms with van der Waals surface area (Å²) in [7, 11) is 0. The van der Waals surface area contributed by atoms with E-state index in [0.29, 0.717) is 18.8 Å². The number of fused-ring (bicyclic) bond motifs is 1. The topological polar surface area (TPSA) is 67.1 Å². The number of phenols is 1. The Morgan fingerprint density at radius 3 is 2.33 bits per heavy atom. The molecule has 186 valence electrons. The maximum Gasteiger partial charge on any atom is 0.119 e. The van der Waals surface area contributed by atoms with Crippen molar-refractivity contribution in [3.8, 4) is 22.8 Å². The van der Waals surface area contributed by atoms with Crippen molar-refractivity contribution in [1.29, 1.82) is 0 Å². The molecule has 1 N–H and O–H groups in total. The lowest BCUT2D eigenvalue weighted by Crippen LogP contribution is -2.29. The number of benzene rings is 3. The van der Waals surface area contributed by atoms with Gasteiger partial charge in [-0.3, -0.25) is 4.90 Å². The van der Waals surface area contributed by atoms with Gasteiger partial charge >= 0.3 is 0 Å². The van der Waals surface area contributed by atoms with Gasteiger partial charge in [-0.05, 0) is 109 Å². The fourth-order valence-corrected chi connectivity index (χ4v) is 5.25. The molecule has 1 aromatic heterocycles. The highest BCUT2D eigenvalue weighted by molar-refractivity contribution is 5.93. The van der Waals surface area contributed by atoms with E-state index < -0.39 is 0 Å². The van der Waals surface area contributed by atoms with Gasteiger partial charge in [0.15, 0.2) is 0 Å². The molecule has 0 bridgehead atoms. The van der Waals surface area contributed by atoms with Crippen LogP contribution in [-0.4, -0.2) is 40.8 Å². The van der Waals surface area contributed by atoms with Crippen LogP contribution < -0.4 is 4.74 Å². The number of hydrogen-bond acceptors (Lipinski definition) is 5. The Morgan fingerprint density at radius 2 is 1.64 bits per heavy atom. The van der Waals surface area contributed by atoms with Crippen LogP contribution in [0.1, 0.15) is 36.8 Å².